The van der Waals surface area contributed by atoms with Crippen LogP contribution in [0.4, 0.5) is 4.79 Å². The Balaban J connectivity index is 1.86. The quantitative estimate of drug-likeness (QED) is 0.709. The highest BCUT2D eigenvalue weighted by Crippen LogP contribution is 2.17. The van der Waals surface area contributed by atoms with Crippen LogP contribution in [0.3, 0.4) is 0 Å². The first-order valence-electron chi connectivity index (χ1n) is 10.0. The molecule has 0 aromatic heterocycles. The van der Waals surface area contributed by atoms with Crippen LogP contribution in [-0.2, 0) is 11.2 Å². The Morgan fingerprint density at radius 3 is 2.46 bits per heavy atom. The van der Waals surface area contributed by atoms with Crippen molar-refractivity contribution in [3.63, 3.8) is 0 Å². The second-order valence-corrected chi connectivity index (χ2v) is 7.77. The molecule has 1 unspecified atom stereocenters. The number of benzene rings is 1. The Hall–Kier alpha value is -2.28. The van der Waals surface area contributed by atoms with E-state index in [-0.39, 0.29) is 11.9 Å². The van der Waals surface area contributed by atoms with Crippen LogP contribution in [0.2, 0.25) is 0 Å². The van der Waals surface area contributed by atoms with Gasteiger partial charge in [0.05, 0.1) is 7.11 Å². The zero-order chi connectivity index (χ0) is 20.5. The van der Waals surface area contributed by atoms with Crippen molar-refractivity contribution in [3.05, 3.63) is 29.8 Å². The molecular formula is C21H34N4O3. The average Bonchev–Trinajstić information content (AvgIpc) is 2.67. The molecule has 3 amide bonds. The molecule has 7 nitrogen and oxygen atoms in total. The number of rotatable bonds is 8. The van der Waals surface area contributed by atoms with Crippen molar-refractivity contribution in [2.45, 2.75) is 32.7 Å². The van der Waals surface area contributed by atoms with E-state index in [4.69, 9.17) is 4.74 Å². The van der Waals surface area contributed by atoms with Gasteiger partial charge in [0.25, 0.3) is 0 Å². The Morgan fingerprint density at radius 1 is 1.14 bits per heavy atom. The minimum absolute atomic E-state index is 0.0154. The zero-order valence-electron chi connectivity index (χ0n) is 17.5. The molecule has 1 fully saturated rings. The van der Waals surface area contributed by atoms with Crippen LogP contribution >= 0.6 is 0 Å². The van der Waals surface area contributed by atoms with Gasteiger partial charge < -0.3 is 25.2 Å². The topological polar surface area (TPSA) is 73.9 Å². The third-order valence-electron chi connectivity index (χ3n) is 5.00. The van der Waals surface area contributed by atoms with Crippen LogP contribution in [0, 0.1) is 5.92 Å². The van der Waals surface area contributed by atoms with Crippen molar-refractivity contribution in [2.24, 2.45) is 5.92 Å². The van der Waals surface area contributed by atoms with Crippen LogP contribution in [-0.4, -0.2) is 74.7 Å². The van der Waals surface area contributed by atoms with Crippen LogP contribution in [0.25, 0.3) is 0 Å². The summed E-state index contributed by atoms with van der Waals surface area (Å²) in [5, 5.41) is 5.75. The average molecular weight is 391 g/mol. The van der Waals surface area contributed by atoms with Gasteiger partial charge in [0, 0.05) is 32.7 Å². The number of carbonyl (C=O) groups is 2. The molecule has 1 aliphatic rings. The first kappa shape index (κ1) is 22.0. The Labute approximate surface area is 168 Å². The molecule has 1 aromatic rings. The largest absolute Gasteiger partial charge is 0.496 e. The van der Waals surface area contributed by atoms with Gasteiger partial charge in [-0.05, 0) is 37.4 Å². The lowest BCUT2D eigenvalue weighted by atomic mass is 10.0. The minimum atomic E-state index is -0.491. The number of likely N-dealkylation sites (N-methyl/N-ethyl adjacent to an activating group) is 1. The summed E-state index contributed by atoms with van der Waals surface area (Å²) in [4.78, 5) is 29.4. The monoisotopic (exact) mass is 390 g/mol. The second-order valence-electron chi connectivity index (χ2n) is 7.77. The van der Waals surface area contributed by atoms with E-state index < -0.39 is 6.04 Å². The number of hydrogen-bond acceptors (Lipinski definition) is 4. The predicted octanol–water partition coefficient (Wildman–Crippen LogP) is 1.73. The summed E-state index contributed by atoms with van der Waals surface area (Å²) in [5.41, 5.74) is 1.04. The lowest BCUT2D eigenvalue weighted by Crippen LogP contribution is -2.56. The third kappa shape index (κ3) is 6.71. The van der Waals surface area contributed by atoms with Gasteiger partial charge in [0.1, 0.15) is 11.8 Å². The summed E-state index contributed by atoms with van der Waals surface area (Å²) < 4.78 is 5.34. The van der Waals surface area contributed by atoms with Gasteiger partial charge in [0.2, 0.25) is 5.91 Å². The van der Waals surface area contributed by atoms with Gasteiger partial charge in [-0.1, -0.05) is 32.0 Å². The molecule has 7 heteroatoms. The van der Waals surface area contributed by atoms with Gasteiger partial charge in [-0.2, -0.15) is 0 Å². The summed E-state index contributed by atoms with van der Waals surface area (Å²) in [5.74, 6) is 1.14. The molecule has 0 aliphatic carbocycles. The number of nitrogens with zero attached hydrogens (tertiary/aromatic N) is 2. The SMILES string of the molecule is COc1ccccc1CCNC(=O)NC(CC(C)C)C(=O)N1CCN(C)CC1. The molecule has 156 valence electrons. The van der Waals surface area contributed by atoms with Gasteiger partial charge in [-0.15, -0.1) is 0 Å². The Morgan fingerprint density at radius 2 is 1.82 bits per heavy atom. The van der Waals surface area contributed by atoms with Crippen LogP contribution in [0.15, 0.2) is 24.3 Å². The summed E-state index contributed by atoms with van der Waals surface area (Å²) in [6.07, 6.45) is 1.30. The van der Waals surface area contributed by atoms with E-state index in [1.165, 1.54) is 0 Å². The second kappa shape index (κ2) is 10.9. The summed E-state index contributed by atoms with van der Waals surface area (Å²) in [6.45, 7) is 7.75. The number of para-hydroxylation sites is 1. The first-order chi connectivity index (χ1) is 13.4. The van der Waals surface area contributed by atoms with E-state index in [9.17, 15) is 9.59 Å². The fraction of sp³-hybridized carbons (Fsp3) is 0.619. The number of hydrogen-bond donors (Lipinski definition) is 2. The molecule has 1 aliphatic heterocycles. The molecule has 1 aromatic carbocycles. The Kier molecular flexibility index (Phi) is 8.57. The van der Waals surface area contributed by atoms with Gasteiger partial charge in [0.15, 0.2) is 0 Å². The maximum Gasteiger partial charge on any atom is 0.315 e. The van der Waals surface area contributed by atoms with Crippen LogP contribution in [0.1, 0.15) is 25.8 Å². The van der Waals surface area contributed by atoms with Gasteiger partial charge in [-0.25, -0.2) is 4.79 Å². The first-order valence-corrected chi connectivity index (χ1v) is 10.0. The molecule has 0 spiro atoms. The molecule has 28 heavy (non-hydrogen) atoms. The van der Waals surface area contributed by atoms with Crippen molar-refractivity contribution in [1.29, 1.82) is 0 Å². The lowest BCUT2D eigenvalue weighted by Gasteiger charge is -2.35. The molecular weight excluding hydrogens is 356 g/mol. The fourth-order valence-electron chi connectivity index (χ4n) is 3.37. The number of ether oxygens (including phenoxy) is 1. The van der Waals surface area contributed by atoms with E-state index in [0.29, 0.717) is 38.4 Å². The normalized spacial score (nSPS) is 16.0. The minimum Gasteiger partial charge on any atom is -0.496 e. The predicted molar refractivity (Wildman–Crippen MR) is 111 cm³/mol. The van der Waals surface area contributed by atoms with E-state index in [0.717, 1.165) is 24.4 Å². The van der Waals surface area contributed by atoms with E-state index in [1.807, 2.05) is 29.2 Å². The Bertz CT molecular complexity index is 642. The van der Waals surface area contributed by atoms with E-state index in [2.05, 4.69) is 36.4 Å². The molecule has 0 bridgehead atoms. The molecule has 2 N–H and O–H groups in total. The third-order valence-corrected chi connectivity index (χ3v) is 5.00. The number of amides is 3. The van der Waals surface area contributed by atoms with Crippen LogP contribution in [0.5, 0.6) is 5.75 Å². The smallest absolute Gasteiger partial charge is 0.315 e. The molecule has 2 rings (SSSR count). The summed E-state index contributed by atoms with van der Waals surface area (Å²) >= 11 is 0. The highest BCUT2D eigenvalue weighted by atomic mass is 16.5. The highest BCUT2D eigenvalue weighted by molar-refractivity contribution is 5.87. The number of methoxy groups -OCH3 is 1. The number of piperazine rings is 1. The van der Waals surface area contributed by atoms with Crippen molar-refractivity contribution in [3.8, 4) is 5.75 Å². The molecule has 1 heterocycles. The highest BCUT2D eigenvalue weighted by Gasteiger charge is 2.28. The maximum absolute atomic E-state index is 12.9. The number of nitrogens with one attached hydrogen (secondary N) is 2. The van der Waals surface area contributed by atoms with E-state index >= 15 is 0 Å². The van der Waals surface area contributed by atoms with Crippen molar-refractivity contribution < 1.29 is 14.3 Å². The number of carbonyl (C=O) groups excluding carboxylic acids is 2. The zero-order valence-corrected chi connectivity index (χ0v) is 17.5. The van der Waals surface area contributed by atoms with Crippen molar-refractivity contribution in [2.75, 3.05) is 46.9 Å². The van der Waals surface area contributed by atoms with Gasteiger partial charge >= 0.3 is 6.03 Å². The number of urea groups is 1. The van der Waals surface area contributed by atoms with Gasteiger partial charge in [-0.3, -0.25) is 4.79 Å². The van der Waals surface area contributed by atoms with Crippen molar-refractivity contribution >= 4 is 11.9 Å². The maximum atomic E-state index is 12.9. The van der Waals surface area contributed by atoms with Crippen LogP contribution < -0.4 is 15.4 Å². The fourth-order valence-corrected chi connectivity index (χ4v) is 3.37. The summed E-state index contributed by atoms with van der Waals surface area (Å²) in [7, 11) is 3.69. The molecule has 1 atom stereocenters. The summed E-state index contributed by atoms with van der Waals surface area (Å²) in [6, 6.07) is 6.96. The molecule has 0 saturated carbocycles. The van der Waals surface area contributed by atoms with E-state index in [1.54, 1.807) is 7.11 Å². The van der Waals surface area contributed by atoms with Crippen molar-refractivity contribution in [1.82, 2.24) is 20.4 Å². The lowest BCUT2D eigenvalue weighted by molar-refractivity contribution is -0.135. The molecule has 0 radical (unpaired) electrons. The standard InChI is InChI=1S/C21H34N4O3/c1-16(2)15-18(20(26)25-13-11-24(3)12-14-25)23-21(27)22-10-9-17-7-5-6-8-19(17)28-4/h5-8,16,18H,9-15H2,1-4H3,(H2,22,23,27). The molecule has 1 saturated heterocycles.